The molecular weight excluding hydrogens is 148 g/mol. The first-order valence-electron chi connectivity index (χ1n) is 4.98. The van der Waals surface area contributed by atoms with Crippen molar-refractivity contribution in [1.82, 2.24) is 0 Å². The van der Waals surface area contributed by atoms with Gasteiger partial charge in [0.25, 0.3) is 0 Å². The van der Waals surface area contributed by atoms with Crippen LogP contribution in [0, 0.1) is 0 Å². The van der Waals surface area contributed by atoms with Crippen LogP contribution in [-0.2, 0) is 4.79 Å². The van der Waals surface area contributed by atoms with Crippen molar-refractivity contribution in [1.29, 1.82) is 0 Å². The Morgan fingerprint density at radius 1 is 1.17 bits per heavy atom. The lowest BCUT2D eigenvalue weighted by molar-refractivity contribution is -0.104. The SMILES string of the molecule is CCCCCC/C(=C\C=O)CC. The Kier molecular flexibility index (Phi) is 8.09. The second-order valence-corrected chi connectivity index (χ2v) is 3.13. The summed E-state index contributed by atoms with van der Waals surface area (Å²) in [6.45, 7) is 4.32. The third-order valence-electron chi connectivity index (χ3n) is 2.11. The molecule has 0 aromatic heterocycles. The monoisotopic (exact) mass is 168 g/mol. The Morgan fingerprint density at radius 3 is 2.42 bits per heavy atom. The Bertz CT molecular complexity index is 136. The summed E-state index contributed by atoms with van der Waals surface area (Å²) in [6.07, 6.45) is 9.87. The predicted molar refractivity (Wildman–Crippen MR) is 53.2 cm³/mol. The molecule has 0 atom stereocenters. The maximum Gasteiger partial charge on any atom is 0.142 e. The molecule has 0 N–H and O–H groups in total. The van der Waals surface area contributed by atoms with E-state index in [9.17, 15) is 4.79 Å². The van der Waals surface area contributed by atoms with Gasteiger partial charge in [-0.25, -0.2) is 0 Å². The summed E-state index contributed by atoms with van der Waals surface area (Å²) in [5.41, 5.74) is 1.29. The highest BCUT2D eigenvalue weighted by atomic mass is 16.1. The standard InChI is InChI=1S/C11H20O/c1-3-5-6-7-8-11(4-2)9-10-12/h9-10H,3-8H2,1-2H3/b11-9-. The van der Waals surface area contributed by atoms with Crippen LogP contribution in [0.2, 0.25) is 0 Å². The van der Waals surface area contributed by atoms with Gasteiger partial charge < -0.3 is 0 Å². The van der Waals surface area contributed by atoms with Crippen molar-refractivity contribution < 1.29 is 4.79 Å². The molecule has 1 heteroatoms. The molecule has 0 bridgehead atoms. The fourth-order valence-electron chi connectivity index (χ4n) is 1.25. The van der Waals surface area contributed by atoms with Crippen molar-refractivity contribution in [3.05, 3.63) is 11.6 Å². The number of allylic oxidation sites excluding steroid dienone is 2. The molecule has 0 aromatic carbocycles. The zero-order chi connectivity index (χ0) is 9.23. The van der Waals surface area contributed by atoms with Crippen molar-refractivity contribution in [2.75, 3.05) is 0 Å². The van der Waals surface area contributed by atoms with Gasteiger partial charge >= 0.3 is 0 Å². The van der Waals surface area contributed by atoms with Crippen molar-refractivity contribution in [3.63, 3.8) is 0 Å². The molecular formula is C11H20O. The molecule has 0 aliphatic carbocycles. The number of hydrogen-bond acceptors (Lipinski definition) is 1. The van der Waals surface area contributed by atoms with E-state index in [0.717, 1.165) is 19.1 Å². The van der Waals surface area contributed by atoms with Crippen LogP contribution in [0.3, 0.4) is 0 Å². The van der Waals surface area contributed by atoms with Gasteiger partial charge in [0, 0.05) is 0 Å². The van der Waals surface area contributed by atoms with Gasteiger partial charge in [0.1, 0.15) is 6.29 Å². The highest BCUT2D eigenvalue weighted by molar-refractivity contribution is 5.66. The highest BCUT2D eigenvalue weighted by Crippen LogP contribution is 2.12. The molecule has 0 saturated carbocycles. The minimum atomic E-state index is 0.901. The van der Waals surface area contributed by atoms with E-state index >= 15 is 0 Å². The Balaban J connectivity index is 3.45. The summed E-state index contributed by atoms with van der Waals surface area (Å²) in [4.78, 5) is 10.2. The Hall–Kier alpha value is -0.590. The minimum Gasteiger partial charge on any atom is -0.299 e. The normalized spacial score (nSPS) is 11.7. The second kappa shape index (κ2) is 8.51. The molecule has 0 saturated heterocycles. The molecule has 70 valence electrons. The number of unbranched alkanes of at least 4 members (excludes halogenated alkanes) is 3. The molecule has 0 heterocycles. The second-order valence-electron chi connectivity index (χ2n) is 3.13. The summed E-state index contributed by atoms with van der Waals surface area (Å²) < 4.78 is 0. The molecule has 0 amide bonds. The van der Waals surface area contributed by atoms with E-state index in [0.29, 0.717) is 0 Å². The van der Waals surface area contributed by atoms with Crippen LogP contribution in [0.25, 0.3) is 0 Å². The van der Waals surface area contributed by atoms with Crippen LogP contribution in [-0.4, -0.2) is 6.29 Å². The fraction of sp³-hybridized carbons (Fsp3) is 0.727. The van der Waals surface area contributed by atoms with Crippen molar-refractivity contribution >= 4 is 6.29 Å². The summed E-state index contributed by atoms with van der Waals surface area (Å²) in [6, 6.07) is 0. The number of carbonyl (C=O) groups is 1. The van der Waals surface area contributed by atoms with Crippen LogP contribution in [0.5, 0.6) is 0 Å². The zero-order valence-corrected chi connectivity index (χ0v) is 8.31. The van der Waals surface area contributed by atoms with Gasteiger partial charge in [0.15, 0.2) is 0 Å². The number of carbonyl (C=O) groups excluding carboxylic acids is 1. The molecule has 0 radical (unpaired) electrons. The van der Waals surface area contributed by atoms with Crippen LogP contribution in [0.4, 0.5) is 0 Å². The van der Waals surface area contributed by atoms with E-state index in [1.807, 2.05) is 0 Å². The van der Waals surface area contributed by atoms with Gasteiger partial charge in [-0.1, -0.05) is 38.7 Å². The van der Waals surface area contributed by atoms with E-state index in [1.54, 1.807) is 6.08 Å². The fourth-order valence-corrected chi connectivity index (χ4v) is 1.25. The average Bonchev–Trinajstić information content (AvgIpc) is 2.10. The van der Waals surface area contributed by atoms with Crippen LogP contribution in [0.15, 0.2) is 11.6 Å². The van der Waals surface area contributed by atoms with Gasteiger partial charge in [-0.05, 0) is 25.3 Å². The lowest BCUT2D eigenvalue weighted by Crippen LogP contribution is -1.84. The number of aldehydes is 1. The van der Waals surface area contributed by atoms with E-state index < -0.39 is 0 Å². The van der Waals surface area contributed by atoms with Crippen LogP contribution >= 0.6 is 0 Å². The predicted octanol–water partition coefficient (Wildman–Crippen LogP) is 3.49. The van der Waals surface area contributed by atoms with Gasteiger partial charge in [-0.15, -0.1) is 0 Å². The van der Waals surface area contributed by atoms with E-state index in [1.165, 1.54) is 31.3 Å². The Labute approximate surface area is 75.9 Å². The Morgan fingerprint density at radius 2 is 1.92 bits per heavy atom. The topological polar surface area (TPSA) is 17.1 Å². The van der Waals surface area contributed by atoms with Gasteiger partial charge in [0.2, 0.25) is 0 Å². The average molecular weight is 168 g/mol. The van der Waals surface area contributed by atoms with Crippen molar-refractivity contribution in [2.24, 2.45) is 0 Å². The van der Waals surface area contributed by atoms with Crippen molar-refractivity contribution in [3.8, 4) is 0 Å². The summed E-state index contributed by atoms with van der Waals surface area (Å²) in [7, 11) is 0. The zero-order valence-electron chi connectivity index (χ0n) is 8.31. The van der Waals surface area contributed by atoms with Gasteiger partial charge in [0.05, 0.1) is 0 Å². The summed E-state index contributed by atoms with van der Waals surface area (Å²) in [5.74, 6) is 0. The third kappa shape index (κ3) is 6.14. The third-order valence-corrected chi connectivity index (χ3v) is 2.11. The van der Waals surface area contributed by atoms with Crippen molar-refractivity contribution in [2.45, 2.75) is 52.4 Å². The summed E-state index contributed by atoms with van der Waals surface area (Å²) in [5, 5.41) is 0. The molecule has 0 aliphatic heterocycles. The first-order valence-corrected chi connectivity index (χ1v) is 4.98. The van der Waals surface area contributed by atoms with E-state index in [-0.39, 0.29) is 0 Å². The molecule has 12 heavy (non-hydrogen) atoms. The summed E-state index contributed by atoms with van der Waals surface area (Å²) >= 11 is 0. The molecule has 0 aromatic rings. The lowest BCUT2D eigenvalue weighted by atomic mass is 10.0. The molecule has 0 unspecified atom stereocenters. The molecule has 0 rings (SSSR count). The first kappa shape index (κ1) is 11.4. The molecule has 0 fully saturated rings. The maximum atomic E-state index is 10.2. The van der Waals surface area contributed by atoms with E-state index in [4.69, 9.17) is 0 Å². The highest BCUT2D eigenvalue weighted by Gasteiger charge is 1.93. The largest absolute Gasteiger partial charge is 0.299 e. The first-order chi connectivity index (χ1) is 5.85. The van der Waals surface area contributed by atoms with E-state index in [2.05, 4.69) is 13.8 Å². The lowest BCUT2D eigenvalue weighted by Gasteiger charge is -2.01. The smallest absolute Gasteiger partial charge is 0.142 e. The quantitative estimate of drug-likeness (QED) is 0.323. The van der Waals surface area contributed by atoms with Crippen LogP contribution in [0.1, 0.15) is 52.4 Å². The minimum absolute atomic E-state index is 0.901. The molecule has 0 spiro atoms. The van der Waals surface area contributed by atoms with Crippen LogP contribution < -0.4 is 0 Å². The van der Waals surface area contributed by atoms with Gasteiger partial charge in [-0.2, -0.15) is 0 Å². The maximum absolute atomic E-state index is 10.2. The molecule has 0 aliphatic rings. The van der Waals surface area contributed by atoms with Gasteiger partial charge in [-0.3, -0.25) is 4.79 Å². The molecule has 1 nitrogen and oxygen atoms in total. The number of hydrogen-bond donors (Lipinski definition) is 0. The number of rotatable bonds is 7.